The van der Waals surface area contributed by atoms with Crippen LogP contribution in [0.25, 0.3) is 0 Å². The molecule has 0 spiro atoms. The van der Waals surface area contributed by atoms with Crippen molar-refractivity contribution in [3.8, 4) is 0 Å². The Balaban J connectivity index is 1.89. The number of carbonyl (C=O) groups is 1. The van der Waals surface area contributed by atoms with Crippen molar-refractivity contribution in [1.82, 2.24) is 10.2 Å². The first-order valence-corrected chi connectivity index (χ1v) is 8.26. The van der Waals surface area contributed by atoms with Gasteiger partial charge in [0.15, 0.2) is 0 Å². The highest BCUT2D eigenvalue weighted by molar-refractivity contribution is 5.79. The van der Waals surface area contributed by atoms with Crippen LogP contribution in [0.2, 0.25) is 0 Å². The Bertz CT molecular complexity index is 328. The van der Waals surface area contributed by atoms with Crippen LogP contribution in [0.5, 0.6) is 0 Å². The van der Waals surface area contributed by atoms with Crippen LogP contribution in [-0.4, -0.2) is 47.7 Å². The lowest BCUT2D eigenvalue weighted by Crippen LogP contribution is -2.51. The average molecular weight is 282 g/mol. The third-order valence-corrected chi connectivity index (χ3v) is 5.26. The zero-order chi connectivity index (χ0) is 14.6. The quantitative estimate of drug-likeness (QED) is 0.753. The molecule has 20 heavy (non-hydrogen) atoms. The van der Waals surface area contributed by atoms with Gasteiger partial charge in [-0.1, -0.05) is 19.8 Å². The highest BCUT2D eigenvalue weighted by Crippen LogP contribution is 2.34. The van der Waals surface area contributed by atoms with Crippen molar-refractivity contribution in [2.75, 3.05) is 20.1 Å². The first-order chi connectivity index (χ1) is 9.57. The zero-order valence-electron chi connectivity index (χ0n) is 13.0. The van der Waals surface area contributed by atoms with E-state index in [1.54, 1.807) is 0 Å². The average Bonchev–Trinajstić information content (AvgIpc) is 3.06. The van der Waals surface area contributed by atoms with Crippen molar-refractivity contribution >= 4 is 5.97 Å². The minimum atomic E-state index is -0.676. The largest absolute Gasteiger partial charge is 0.480 e. The summed E-state index contributed by atoms with van der Waals surface area (Å²) in [5.74, 6) is 0.172. The predicted octanol–water partition coefficient (Wildman–Crippen LogP) is 2.48. The summed E-state index contributed by atoms with van der Waals surface area (Å²) in [6.45, 7) is 4.03. The van der Waals surface area contributed by atoms with Gasteiger partial charge in [-0.05, 0) is 58.0 Å². The van der Waals surface area contributed by atoms with Gasteiger partial charge in [0.25, 0.3) is 0 Å². The fourth-order valence-corrected chi connectivity index (χ4v) is 3.94. The van der Waals surface area contributed by atoms with Crippen molar-refractivity contribution in [2.45, 2.75) is 69.9 Å². The predicted molar refractivity (Wildman–Crippen MR) is 80.9 cm³/mol. The second kappa shape index (κ2) is 6.90. The fourth-order valence-electron chi connectivity index (χ4n) is 3.94. The molecule has 0 saturated heterocycles. The number of carboxylic acids is 1. The molecule has 2 saturated carbocycles. The highest BCUT2D eigenvalue weighted by atomic mass is 16.4. The summed E-state index contributed by atoms with van der Waals surface area (Å²) in [6.07, 6.45) is 8.97. The van der Waals surface area contributed by atoms with E-state index in [1.807, 2.05) is 0 Å². The van der Waals surface area contributed by atoms with E-state index in [1.165, 1.54) is 25.7 Å². The Hall–Kier alpha value is -0.610. The molecule has 2 fully saturated rings. The van der Waals surface area contributed by atoms with Crippen LogP contribution in [-0.2, 0) is 4.79 Å². The van der Waals surface area contributed by atoms with Crippen molar-refractivity contribution in [3.05, 3.63) is 0 Å². The molecule has 0 aliphatic heterocycles. The van der Waals surface area contributed by atoms with Gasteiger partial charge in [0, 0.05) is 12.6 Å². The Kier molecular flexibility index (Phi) is 5.44. The molecule has 2 rings (SSSR count). The van der Waals surface area contributed by atoms with Crippen molar-refractivity contribution in [2.24, 2.45) is 5.92 Å². The summed E-state index contributed by atoms with van der Waals surface area (Å²) in [7, 11) is 2.18. The van der Waals surface area contributed by atoms with E-state index in [0.29, 0.717) is 6.04 Å². The Morgan fingerprint density at radius 3 is 2.65 bits per heavy atom. The van der Waals surface area contributed by atoms with E-state index in [0.717, 1.165) is 44.7 Å². The number of hydrogen-bond donors (Lipinski definition) is 2. The lowest BCUT2D eigenvalue weighted by molar-refractivity contribution is -0.144. The van der Waals surface area contributed by atoms with Crippen LogP contribution in [0, 0.1) is 5.92 Å². The molecule has 2 N–H and O–H groups in total. The first-order valence-electron chi connectivity index (χ1n) is 8.26. The van der Waals surface area contributed by atoms with Gasteiger partial charge in [0.1, 0.15) is 5.54 Å². The normalized spacial score (nSPS) is 31.2. The number of aliphatic carboxylic acids is 1. The summed E-state index contributed by atoms with van der Waals surface area (Å²) in [5.41, 5.74) is -0.676. The molecule has 0 amide bonds. The smallest absolute Gasteiger partial charge is 0.323 e. The van der Waals surface area contributed by atoms with Gasteiger partial charge in [-0.2, -0.15) is 0 Å². The van der Waals surface area contributed by atoms with Gasteiger partial charge in [-0.15, -0.1) is 0 Å². The fraction of sp³-hybridized carbons (Fsp3) is 0.938. The van der Waals surface area contributed by atoms with E-state index >= 15 is 0 Å². The molecule has 2 aliphatic rings. The summed E-state index contributed by atoms with van der Waals surface area (Å²) in [5, 5.41) is 12.9. The minimum Gasteiger partial charge on any atom is -0.480 e. The van der Waals surface area contributed by atoms with Crippen LogP contribution < -0.4 is 5.32 Å². The van der Waals surface area contributed by atoms with Gasteiger partial charge in [0.2, 0.25) is 0 Å². The van der Waals surface area contributed by atoms with Gasteiger partial charge < -0.3 is 15.3 Å². The van der Waals surface area contributed by atoms with Crippen LogP contribution >= 0.6 is 0 Å². The minimum absolute atomic E-state index is 0.427. The summed E-state index contributed by atoms with van der Waals surface area (Å²) < 4.78 is 0. The van der Waals surface area contributed by atoms with Gasteiger partial charge in [-0.3, -0.25) is 4.79 Å². The van der Waals surface area contributed by atoms with E-state index in [2.05, 4.69) is 24.2 Å². The van der Waals surface area contributed by atoms with Crippen molar-refractivity contribution < 1.29 is 9.90 Å². The van der Waals surface area contributed by atoms with Gasteiger partial charge in [-0.25, -0.2) is 0 Å². The standard InChI is InChI=1S/C16H30N2O2/c1-3-10-17-16(15(19)20)9-8-14(11-16)18(2)12-13-6-4-5-7-13/h13-14,17H,3-12H2,1-2H3,(H,19,20). The lowest BCUT2D eigenvalue weighted by atomic mass is 9.97. The topological polar surface area (TPSA) is 52.6 Å². The number of carboxylic acid groups (broad SMARTS) is 1. The lowest BCUT2D eigenvalue weighted by Gasteiger charge is -2.30. The van der Waals surface area contributed by atoms with Crippen molar-refractivity contribution in [3.63, 3.8) is 0 Å². The molecule has 0 radical (unpaired) electrons. The molecular formula is C16H30N2O2. The van der Waals surface area contributed by atoms with Crippen LogP contribution in [0.15, 0.2) is 0 Å². The Morgan fingerprint density at radius 2 is 2.05 bits per heavy atom. The first kappa shape index (κ1) is 15.8. The molecule has 4 nitrogen and oxygen atoms in total. The molecule has 4 heteroatoms. The Morgan fingerprint density at radius 1 is 1.35 bits per heavy atom. The number of nitrogens with zero attached hydrogens (tertiary/aromatic N) is 1. The van der Waals surface area contributed by atoms with Crippen LogP contribution in [0.3, 0.4) is 0 Å². The Labute approximate surface area is 122 Å². The molecule has 0 aromatic heterocycles. The van der Waals surface area contributed by atoms with Gasteiger partial charge in [0.05, 0.1) is 0 Å². The third kappa shape index (κ3) is 3.53. The molecular weight excluding hydrogens is 252 g/mol. The van der Waals surface area contributed by atoms with Gasteiger partial charge >= 0.3 is 5.97 Å². The molecule has 0 heterocycles. The molecule has 2 aliphatic carbocycles. The summed E-state index contributed by atoms with van der Waals surface area (Å²) >= 11 is 0. The number of hydrogen-bond acceptors (Lipinski definition) is 3. The molecule has 0 bridgehead atoms. The van der Waals surface area contributed by atoms with E-state index in [-0.39, 0.29) is 0 Å². The highest BCUT2D eigenvalue weighted by Gasteiger charge is 2.46. The summed E-state index contributed by atoms with van der Waals surface area (Å²) in [6, 6.07) is 0.427. The maximum Gasteiger partial charge on any atom is 0.323 e. The number of nitrogens with one attached hydrogen (secondary N) is 1. The maximum absolute atomic E-state index is 11.7. The number of rotatable bonds is 7. The molecule has 116 valence electrons. The molecule has 2 atom stereocenters. The SMILES string of the molecule is CCCNC1(C(=O)O)CCC(N(C)CC2CCCC2)C1. The van der Waals surface area contributed by atoms with Crippen molar-refractivity contribution in [1.29, 1.82) is 0 Å². The molecule has 0 aromatic carbocycles. The van der Waals surface area contributed by atoms with Crippen LogP contribution in [0.1, 0.15) is 58.3 Å². The second-order valence-electron chi connectivity index (χ2n) is 6.80. The third-order valence-electron chi connectivity index (χ3n) is 5.26. The van der Waals surface area contributed by atoms with E-state index in [4.69, 9.17) is 0 Å². The van der Waals surface area contributed by atoms with E-state index in [9.17, 15) is 9.90 Å². The molecule has 0 aromatic rings. The monoisotopic (exact) mass is 282 g/mol. The second-order valence-corrected chi connectivity index (χ2v) is 6.80. The molecule has 2 unspecified atom stereocenters. The van der Waals surface area contributed by atoms with E-state index < -0.39 is 11.5 Å². The summed E-state index contributed by atoms with van der Waals surface area (Å²) in [4.78, 5) is 14.1. The van der Waals surface area contributed by atoms with Crippen LogP contribution in [0.4, 0.5) is 0 Å². The zero-order valence-corrected chi connectivity index (χ0v) is 13.0. The maximum atomic E-state index is 11.7.